The minimum atomic E-state index is 0.359. The third-order valence-corrected chi connectivity index (χ3v) is 3.39. The van der Waals surface area contributed by atoms with Gasteiger partial charge in [0.1, 0.15) is 0 Å². The SMILES string of the molecule is NC1CCNC12CCCCC2. The summed E-state index contributed by atoms with van der Waals surface area (Å²) >= 11 is 0. The van der Waals surface area contributed by atoms with Gasteiger partial charge in [0, 0.05) is 11.6 Å². The quantitative estimate of drug-likeness (QED) is 0.546. The molecule has 0 amide bonds. The molecule has 1 aliphatic heterocycles. The molecule has 2 nitrogen and oxygen atoms in total. The summed E-state index contributed by atoms with van der Waals surface area (Å²) in [4.78, 5) is 0. The van der Waals surface area contributed by atoms with Crippen LogP contribution in [0.2, 0.25) is 0 Å². The van der Waals surface area contributed by atoms with E-state index in [0.29, 0.717) is 11.6 Å². The molecule has 2 aliphatic rings. The van der Waals surface area contributed by atoms with Crippen LogP contribution in [-0.4, -0.2) is 18.1 Å². The van der Waals surface area contributed by atoms with Crippen LogP contribution < -0.4 is 11.1 Å². The maximum atomic E-state index is 6.08. The summed E-state index contributed by atoms with van der Waals surface area (Å²) in [6, 6.07) is 0.433. The van der Waals surface area contributed by atoms with E-state index >= 15 is 0 Å². The van der Waals surface area contributed by atoms with Gasteiger partial charge < -0.3 is 11.1 Å². The average Bonchev–Trinajstić information content (AvgIpc) is 2.36. The topological polar surface area (TPSA) is 38.0 Å². The van der Waals surface area contributed by atoms with Gasteiger partial charge in [-0.1, -0.05) is 19.3 Å². The molecule has 1 aliphatic carbocycles. The first-order valence-electron chi connectivity index (χ1n) is 4.84. The molecule has 0 aromatic rings. The van der Waals surface area contributed by atoms with Gasteiger partial charge in [-0.3, -0.25) is 0 Å². The molecule has 1 unspecified atom stereocenters. The Bertz CT molecular complexity index is 138. The summed E-state index contributed by atoms with van der Waals surface area (Å²) < 4.78 is 0. The van der Waals surface area contributed by atoms with Gasteiger partial charge in [-0.2, -0.15) is 0 Å². The molecule has 2 fully saturated rings. The molecule has 1 spiro atoms. The summed E-state index contributed by atoms with van der Waals surface area (Å²) in [5, 5.41) is 3.60. The van der Waals surface area contributed by atoms with E-state index in [2.05, 4.69) is 5.32 Å². The van der Waals surface area contributed by atoms with Crippen molar-refractivity contribution in [3.8, 4) is 0 Å². The van der Waals surface area contributed by atoms with Crippen LogP contribution in [0.1, 0.15) is 38.5 Å². The Hall–Kier alpha value is -0.0800. The summed E-state index contributed by atoms with van der Waals surface area (Å²) in [7, 11) is 0. The van der Waals surface area contributed by atoms with Crippen molar-refractivity contribution >= 4 is 0 Å². The lowest BCUT2D eigenvalue weighted by Gasteiger charge is -2.37. The zero-order valence-electron chi connectivity index (χ0n) is 7.10. The number of rotatable bonds is 0. The van der Waals surface area contributed by atoms with E-state index in [0.717, 1.165) is 6.54 Å². The zero-order chi connectivity index (χ0) is 7.73. The maximum Gasteiger partial charge on any atom is 0.0333 e. The fraction of sp³-hybridized carbons (Fsp3) is 1.00. The Morgan fingerprint density at radius 3 is 2.45 bits per heavy atom. The molecule has 0 aromatic heterocycles. The second-order valence-corrected chi connectivity index (χ2v) is 4.04. The molecule has 2 rings (SSSR count). The van der Waals surface area contributed by atoms with E-state index in [1.165, 1.54) is 38.5 Å². The molecule has 2 heteroatoms. The van der Waals surface area contributed by atoms with Gasteiger partial charge in [0.2, 0.25) is 0 Å². The van der Waals surface area contributed by atoms with Crippen LogP contribution >= 0.6 is 0 Å². The Labute approximate surface area is 68.5 Å². The van der Waals surface area contributed by atoms with E-state index < -0.39 is 0 Å². The summed E-state index contributed by atoms with van der Waals surface area (Å²) in [6.07, 6.45) is 7.97. The molecule has 0 aromatic carbocycles. The van der Waals surface area contributed by atoms with Crippen molar-refractivity contribution in [3.63, 3.8) is 0 Å². The van der Waals surface area contributed by atoms with E-state index in [1.54, 1.807) is 0 Å². The van der Waals surface area contributed by atoms with Crippen molar-refractivity contribution in [1.29, 1.82) is 0 Å². The van der Waals surface area contributed by atoms with Crippen molar-refractivity contribution in [2.45, 2.75) is 50.1 Å². The highest BCUT2D eigenvalue weighted by atomic mass is 15.1. The Morgan fingerprint density at radius 1 is 1.18 bits per heavy atom. The molecule has 0 radical (unpaired) electrons. The standard InChI is InChI=1S/C9H18N2/c10-8-4-7-11-9(8)5-2-1-3-6-9/h8,11H,1-7,10H2. The third kappa shape index (κ3) is 1.18. The lowest BCUT2D eigenvalue weighted by atomic mass is 9.78. The van der Waals surface area contributed by atoms with Crippen LogP contribution in [0.15, 0.2) is 0 Å². The van der Waals surface area contributed by atoms with Gasteiger partial charge in [0.25, 0.3) is 0 Å². The van der Waals surface area contributed by atoms with E-state index in [1.807, 2.05) is 0 Å². The van der Waals surface area contributed by atoms with Gasteiger partial charge in [-0.15, -0.1) is 0 Å². The molecule has 64 valence electrons. The number of nitrogens with two attached hydrogens (primary N) is 1. The van der Waals surface area contributed by atoms with Crippen LogP contribution in [-0.2, 0) is 0 Å². The van der Waals surface area contributed by atoms with Crippen molar-refractivity contribution in [1.82, 2.24) is 5.32 Å². The average molecular weight is 154 g/mol. The van der Waals surface area contributed by atoms with Crippen molar-refractivity contribution < 1.29 is 0 Å². The number of hydrogen-bond acceptors (Lipinski definition) is 2. The van der Waals surface area contributed by atoms with Gasteiger partial charge in [0.15, 0.2) is 0 Å². The fourth-order valence-electron chi connectivity index (χ4n) is 2.61. The maximum absolute atomic E-state index is 6.08. The van der Waals surface area contributed by atoms with E-state index in [4.69, 9.17) is 5.73 Å². The van der Waals surface area contributed by atoms with Crippen LogP contribution in [0.5, 0.6) is 0 Å². The summed E-state index contributed by atoms with van der Waals surface area (Å²) in [5.74, 6) is 0. The van der Waals surface area contributed by atoms with Crippen molar-refractivity contribution in [2.75, 3.05) is 6.54 Å². The van der Waals surface area contributed by atoms with Crippen LogP contribution in [0, 0.1) is 0 Å². The Kier molecular flexibility index (Phi) is 1.90. The van der Waals surface area contributed by atoms with Gasteiger partial charge >= 0.3 is 0 Å². The molecule has 11 heavy (non-hydrogen) atoms. The van der Waals surface area contributed by atoms with Crippen molar-refractivity contribution in [3.05, 3.63) is 0 Å². The molecular formula is C9H18N2. The predicted molar refractivity (Wildman–Crippen MR) is 46.4 cm³/mol. The monoisotopic (exact) mass is 154 g/mol. The second kappa shape index (κ2) is 2.76. The molecule has 1 saturated heterocycles. The van der Waals surface area contributed by atoms with Gasteiger partial charge in [-0.25, -0.2) is 0 Å². The van der Waals surface area contributed by atoms with E-state index in [9.17, 15) is 0 Å². The second-order valence-electron chi connectivity index (χ2n) is 4.04. The Morgan fingerprint density at radius 2 is 1.91 bits per heavy atom. The predicted octanol–water partition coefficient (Wildman–Crippen LogP) is 1.01. The molecule has 1 atom stereocenters. The highest BCUT2D eigenvalue weighted by Crippen LogP contribution is 2.34. The normalized spacial score (nSPS) is 36.3. The lowest BCUT2D eigenvalue weighted by molar-refractivity contribution is 0.239. The van der Waals surface area contributed by atoms with E-state index in [-0.39, 0.29) is 0 Å². The molecule has 1 saturated carbocycles. The Balaban J connectivity index is 2.06. The summed E-state index contributed by atoms with van der Waals surface area (Å²) in [6.45, 7) is 1.14. The molecule has 3 N–H and O–H groups in total. The van der Waals surface area contributed by atoms with Crippen molar-refractivity contribution in [2.24, 2.45) is 5.73 Å². The zero-order valence-corrected chi connectivity index (χ0v) is 7.10. The largest absolute Gasteiger partial charge is 0.326 e. The number of hydrogen-bond donors (Lipinski definition) is 2. The van der Waals surface area contributed by atoms with Crippen LogP contribution in [0.4, 0.5) is 0 Å². The highest BCUT2D eigenvalue weighted by molar-refractivity contribution is 5.03. The molecule has 1 heterocycles. The van der Waals surface area contributed by atoms with Gasteiger partial charge in [0.05, 0.1) is 0 Å². The lowest BCUT2D eigenvalue weighted by Crippen LogP contribution is -2.52. The van der Waals surface area contributed by atoms with Gasteiger partial charge in [-0.05, 0) is 25.8 Å². The first-order valence-corrected chi connectivity index (χ1v) is 4.84. The van der Waals surface area contributed by atoms with Crippen LogP contribution in [0.3, 0.4) is 0 Å². The minimum absolute atomic E-state index is 0.359. The first-order chi connectivity index (χ1) is 5.33. The third-order valence-electron chi connectivity index (χ3n) is 3.39. The molecule has 0 bridgehead atoms. The van der Waals surface area contributed by atoms with Crippen LogP contribution in [0.25, 0.3) is 0 Å². The number of nitrogens with one attached hydrogen (secondary N) is 1. The molecular weight excluding hydrogens is 136 g/mol. The first kappa shape index (κ1) is 7.56. The highest BCUT2D eigenvalue weighted by Gasteiger charge is 2.40. The smallest absolute Gasteiger partial charge is 0.0333 e. The minimum Gasteiger partial charge on any atom is -0.326 e. The summed E-state index contributed by atoms with van der Waals surface area (Å²) in [5.41, 5.74) is 6.44. The fourth-order valence-corrected chi connectivity index (χ4v) is 2.61.